The van der Waals surface area contributed by atoms with Gasteiger partial charge in [0.15, 0.2) is 0 Å². The molecule has 0 aliphatic rings. The number of aryl methyl sites for hydroxylation is 1. The van der Waals surface area contributed by atoms with Crippen LogP contribution in [0.3, 0.4) is 0 Å². The Hall–Kier alpha value is -3.18. The second kappa shape index (κ2) is 12.0. The van der Waals surface area contributed by atoms with Gasteiger partial charge in [-0.1, -0.05) is 42.8 Å². The van der Waals surface area contributed by atoms with E-state index in [1.165, 1.54) is 17.0 Å². The molecule has 0 spiro atoms. The minimum atomic E-state index is -4.02. The number of nitro benzene ring substituents is 1. The minimum Gasteiger partial charge on any atom is -0.355 e. The van der Waals surface area contributed by atoms with Gasteiger partial charge < -0.3 is 10.2 Å². The minimum absolute atomic E-state index is 0.0128. The summed E-state index contributed by atoms with van der Waals surface area (Å²) in [6.07, 6.45) is 1.19. The zero-order chi connectivity index (χ0) is 26.3. The average Bonchev–Trinajstić information content (AvgIpc) is 2.78. The van der Waals surface area contributed by atoms with Crippen LogP contribution in [-0.2, 0) is 26.2 Å². The Kier molecular flexibility index (Phi) is 9.61. The van der Waals surface area contributed by atoms with Gasteiger partial charge in [0, 0.05) is 30.2 Å². The molecule has 0 bridgehead atoms. The third kappa shape index (κ3) is 7.15. The molecule has 0 saturated heterocycles. The topological polar surface area (TPSA) is 130 Å². The molecule has 10 nitrogen and oxygen atoms in total. The number of carbonyl (C=O) groups is 2. The van der Waals surface area contributed by atoms with E-state index in [1.54, 1.807) is 45.0 Å². The maximum Gasteiger partial charge on any atom is 0.271 e. The standard InChI is InChI=1S/C23H29ClN4O6S/c1-5-20(23(30)25-6-2)26(14-17-9-7-8-10-19(17)24)22(29)15-27(35(4,33)34)21-13-18(28(31)32)12-11-16(21)3/h7-13,20H,5-6,14-15H2,1-4H3,(H,25,30)/t20-/m1/s1. The van der Waals surface area contributed by atoms with Crippen molar-refractivity contribution < 1.29 is 22.9 Å². The van der Waals surface area contributed by atoms with Gasteiger partial charge in [0.2, 0.25) is 21.8 Å². The van der Waals surface area contributed by atoms with Crippen molar-refractivity contribution in [2.24, 2.45) is 0 Å². The number of nitrogens with zero attached hydrogens (tertiary/aromatic N) is 3. The van der Waals surface area contributed by atoms with Crippen LogP contribution in [0.25, 0.3) is 0 Å². The first-order chi connectivity index (χ1) is 16.4. The number of likely N-dealkylation sites (N-methyl/N-ethyl adjacent to an activating group) is 1. The van der Waals surface area contributed by atoms with Crippen molar-refractivity contribution in [3.63, 3.8) is 0 Å². The molecule has 12 heteroatoms. The van der Waals surface area contributed by atoms with Crippen molar-refractivity contribution in [3.8, 4) is 0 Å². The van der Waals surface area contributed by atoms with Crippen molar-refractivity contribution in [2.75, 3.05) is 23.7 Å². The Morgan fingerprint density at radius 1 is 1.17 bits per heavy atom. The monoisotopic (exact) mass is 524 g/mol. The number of non-ortho nitro benzene ring substituents is 1. The highest BCUT2D eigenvalue weighted by atomic mass is 35.5. The fourth-order valence-electron chi connectivity index (χ4n) is 3.60. The largest absolute Gasteiger partial charge is 0.355 e. The highest BCUT2D eigenvalue weighted by Gasteiger charge is 2.32. The molecule has 0 unspecified atom stereocenters. The molecule has 0 fully saturated rings. The van der Waals surface area contributed by atoms with E-state index in [9.17, 15) is 28.1 Å². The first-order valence-corrected chi connectivity index (χ1v) is 13.2. The number of hydrogen-bond acceptors (Lipinski definition) is 6. The van der Waals surface area contributed by atoms with E-state index in [0.717, 1.165) is 16.6 Å². The van der Waals surface area contributed by atoms with Crippen LogP contribution in [0.15, 0.2) is 42.5 Å². The van der Waals surface area contributed by atoms with E-state index in [2.05, 4.69) is 5.32 Å². The van der Waals surface area contributed by atoms with Gasteiger partial charge in [0.25, 0.3) is 5.69 Å². The lowest BCUT2D eigenvalue weighted by Gasteiger charge is -2.33. The molecule has 0 radical (unpaired) electrons. The average molecular weight is 525 g/mol. The SMILES string of the molecule is CCNC(=O)[C@@H](CC)N(Cc1ccccc1Cl)C(=O)CN(c1cc([N+](=O)[O-])ccc1C)S(C)(=O)=O. The Morgan fingerprint density at radius 3 is 2.37 bits per heavy atom. The van der Waals surface area contributed by atoms with E-state index in [1.807, 2.05) is 0 Å². The van der Waals surface area contributed by atoms with Gasteiger partial charge in [-0.2, -0.15) is 0 Å². The number of sulfonamides is 1. The summed E-state index contributed by atoms with van der Waals surface area (Å²) < 4.78 is 26.2. The molecule has 1 N–H and O–H groups in total. The molecule has 0 aromatic heterocycles. The lowest BCUT2D eigenvalue weighted by molar-refractivity contribution is -0.384. The predicted molar refractivity (Wildman–Crippen MR) is 135 cm³/mol. The van der Waals surface area contributed by atoms with Gasteiger partial charge in [-0.15, -0.1) is 0 Å². The van der Waals surface area contributed by atoms with Gasteiger partial charge >= 0.3 is 0 Å². The molecule has 1 atom stereocenters. The van der Waals surface area contributed by atoms with Crippen LogP contribution in [0.4, 0.5) is 11.4 Å². The predicted octanol–water partition coefficient (Wildman–Crippen LogP) is 3.27. The molecule has 0 heterocycles. The molecule has 0 saturated carbocycles. The van der Waals surface area contributed by atoms with E-state index in [-0.39, 0.29) is 30.2 Å². The number of nitro groups is 1. The lowest BCUT2D eigenvalue weighted by atomic mass is 10.1. The van der Waals surface area contributed by atoms with Crippen molar-refractivity contribution in [2.45, 2.75) is 39.8 Å². The highest BCUT2D eigenvalue weighted by molar-refractivity contribution is 7.92. The fraction of sp³-hybridized carbons (Fsp3) is 0.391. The molecule has 2 amide bonds. The summed E-state index contributed by atoms with van der Waals surface area (Å²) in [7, 11) is -4.02. The summed E-state index contributed by atoms with van der Waals surface area (Å²) in [5, 5.41) is 14.4. The Labute approximate surface area is 210 Å². The molecule has 2 aromatic rings. The smallest absolute Gasteiger partial charge is 0.271 e. The first-order valence-electron chi connectivity index (χ1n) is 10.9. The van der Waals surface area contributed by atoms with Crippen LogP contribution < -0.4 is 9.62 Å². The number of nitrogens with one attached hydrogen (secondary N) is 1. The van der Waals surface area contributed by atoms with Gasteiger partial charge in [-0.25, -0.2) is 8.42 Å². The van der Waals surface area contributed by atoms with Crippen LogP contribution in [-0.4, -0.2) is 55.4 Å². The van der Waals surface area contributed by atoms with Crippen LogP contribution >= 0.6 is 11.6 Å². The number of hydrogen-bond donors (Lipinski definition) is 1. The van der Waals surface area contributed by atoms with Crippen molar-refractivity contribution >= 4 is 44.8 Å². The van der Waals surface area contributed by atoms with Crippen molar-refractivity contribution in [1.82, 2.24) is 10.2 Å². The van der Waals surface area contributed by atoms with E-state index >= 15 is 0 Å². The quantitative estimate of drug-likeness (QED) is 0.354. The fourth-order valence-corrected chi connectivity index (χ4v) is 4.69. The number of halogens is 1. The second-order valence-corrected chi connectivity index (χ2v) is 10.2. The molecule has 35 heavy (non-hydrogen) atoms. The van der Waals surface area contributed by atoms with Gasteiger partial charge in [-0.05, 0) is 37.5 Å². The van der Waals surface area contributed by atoms with Crippen LogP contribution in [0.1, 0.15) is 31.4 Å². The van der Waals surface area contributed by atoms with E-state index < -0.39 is 33.4 Å². The Bertz CT molecular complexity index is 1200. The maximum atomic E-state index is 13.6. The van der Waals surface area contributed by atoms with E-state index in [4.69, 9.17) is 11.6 Å². The number of carbonyl (C=O) groups excluding carboxylic acids is 2. The number of amides is 2. The summed E-state index contributed by atoms with van der Waals surface area (Å²) in [5.74, 6) is -1.04. The third-order valence-electron chi connectivity index (χ3n) is 5.39. The van der Waals surface area contributed by atoms with Crippen LogP contribution in [0, 0.1) is 17.0 Å². The molecular formula is C23H29ClN4O6S. The molecule has 2 aromatic carbocycles. The summed E-state index contributed by atoms with van der Waals surface area (Å²) in [6, 6.07) is 9.75. The lowest BCUT2D eigenvalue weighted by Crippen LogP contribution is -2.52. The number of anilines is 1. The second-order valence-electron chi connectivity index (χ2n) is 7.93. The van der Waals surface area contributed by atoms with Crippen molar-refractivity contribution in [3.05, 3.63) is 68.7 Å². The van der Waals surface area contributed by atoms with Crippen LogP contribution in [0.5, 0.6) is 0 Å². The molecule has 0 aliphatic carbocycles. The Morgan fingerprint density at radius 2 is 1.83 bits per heavy atom. The number of benzene rings is 2. The van der Waals surface area contributed by atoms with Gasteiger partial charge in [0.1, 0.15) is 12.6 Å². The highest BCUT2D eigenvalue weighted by Crippen LogP contribution is 2.28. The molecule has 0 aliphatic heterocycles. The molecule has 190 valence electrons. The third-order valence-corrected chi connectivity index (χ3v) is 6.88. The number of rotatable bonds is 11. The van der Waals surface area contributed by atoms with E-state index in [0.29, 0.717) is 22.7 Å². The molecule has 2 rings (SSSR count). The summed E-state index contributed by atoms with van der Waals surface area (Å²) >= 11 is 6.30. The normalized spacial score (nSPS) is 12.0. The Balaban J connectivity index is 2.54. The summed E-state index contributed by atoms with van der Waals surface area (Å²) in [4.78, 5) is 38.3. The zero-order valence-corrected chi connectivity index (χ0v) is 21.6. The molecular weight excluding hydrogens is 496 g/mol. The maximum absolute atomic E-state index is 13.6. The van der Waals surface area contributed by atoms with Gasteiger partial charge in [-0.3, -0.25) is 24.0 Å². The zero-order valence-electron chi connectivity index (χ0n) is 20.0. The first kappa shape index (κ1) is 28.1. The van der Waals surface area contributed by atoms with Crippen LogP contribution in [0.2, 0.25) is 5.02 Å². The summed E-state index contributed by atoms with van der Waals surface area (Å²) in [6.45, 7) is 4.76. The van der Waals surface area contributed by atoms with Gasteiger partial charge in [0.05, 0.1) is 16.9 Å². The van der Waals surface area contributed by atoms with Crippen molar-refractivity contribution in [1.29, 1.82) is 0 Å². The summed E-state index contributed by atoms with van der Waals surface area (Å²) in [5.41, 5.74) is 0.720.